The van der Waals surface area contributed by atoms with Gasteiger partial charge in [-0.3, -0.25) is 4.79 Å². The number of halogens is 1. The van der Waals surface area contributed by atoms with Crippen molar-refractivity contribution in [3.63, 3.8) is 0 Å². The van der Waals surface area contributed by atoms with Gasteiger partial charge in [0.15, 0.2) is 0 Å². The van der Waals surface area contributed by atoms with Crippen molar-refractivity contribution in [2.45, 2.75) is 18.9 Å². The average molecular weight is 285 g/mol. The highest BCUT2D eigenvalue weighted by atomic mass is 35.5. The molecule has 1 aliphatic heterocycles. The minimum Gasteiger partial charge on any atom is -0.378 e. The van der Waals surface area contributed by atoms with E-state index in [2.05, 4.69) is 22.8 Å². The lowest BCUT2D eigenvalue weighted by atomic mass is 10.1. The summed E-state index contributed by atoms with van der Waals surface area (Å²) in [7, 11) is 0. The van der Waals surface area contributed by atoms with E-state index in [9.17, 15) is 4.79 Å². The predicted molar refractivity (Wildman–Crippen MR) is 77.6 cm³/mol. The second-order valence-electron chi connectivity index (χ2n) is 4.46. The minimum absolute atomic E-state index is 0. The molecule has 106 valence electrons. The molecule has 0 spiro atoms. The Labute approximate surface area is 120 Å². The van der Waals surface area contributed by atoms with Gasteiger partial charge in [0.25, 0.3) is 0 Å². The molecular formula is C14H21ClN2O2. The molecule has 1 aromatic rings. The first kappa shape index (κ1) is 16.0. The van der Waals surface area contributed by atoms with Crippen LogP contribution in [-0.4, -0.2) is 38.3 Å². The van der Waals surface area contributed by atoms with Gasteiger partial charge >= 0.3 is 0 Å². The zero-order valence-corrected chi connectivity index (χ0v) is 11.7. The number of morpholine rings is 1. The van der Waals surface area contributed by atoms with Gasteiger partial charge in [-0.25, -0.2) is 0 Å². The number of aryl methyl sites for hydroxylation is 1. The molecule has 1 aromatic carbocycles. The van der Waals surface area contributed by atoms with Gasteiger partial charge in [-0.15, -0.1) is 12.4 Å². The Balaban J connectivity index is 0.00000180. The van der Waals surface area contributed by atoms with Crippen molar-refractivity contribution in [1.82, 2.24) is 10.6 Å². The van der Waals surface area contributed by atoms with Gasteiger partial charge in [0.05, 0.1) is 13.2 Å². The van der Waals surface area contributed by atoms with Gasteiger partial charge in [-0.1, -0.05) is 30.3 Å². The maximum Gasteiger partial charge on any atom is 0.239 e. The van der Waals surface area contributed by atoms with Crippen molar-refractivity contribution in [3.05, 3.63) is 35.9 Å². The Kier molecular flexibility index (Phi) is 7.48. The minimum atomic E-state index is -0.185. The molecule has 4 nitrogen and oxygen atoms in total. The highest BCUT2D eigenvalue weighted by Crippen LogP contribution is 2.01. The van der Waals surface area contributed by atoms with E-state index in [1.807, 2.05) is 18.2 Å². The number of hydrogen-bond acceptors (Lipinski definition) is 3. The van der Waals surface area contributed by atoms with Crippen molar-refractivity contribution < 1.29 is 9.53 Å². The van der Waals surface area contributed by atoms with Crippen molar-refractivity contribution in [3.8, 4) is 0 Å². The van der Waals surface area contributed by atoms with E-state index in [4.69, 9.17) is 4.74 Å². The maximum atomic E-state index is 11.8. The van der Waals surface area contributed by atoms with Crippen molar-refractivity contribution in [2.75, 3.05) is 26.3 Å². The molecule has 5 heteroatoms. The van der Waals surface area contributed by atoms with E-state index < -0.39 is 0 Å². The third-order valence-electron chi connectivity index (χ3n) is 3.02. The van der Waals surface area contributed by atoms with Gasteiger partial charge in [0, 0.05) is 13.1 Å². The zero-order chi connectivity index (χ0) is 12.6. The highest BCUT2D eigenvalue weighted by Gasteiger charge is 2.20. The highest BCUT2D eigenvalue weighted by molar-refractivity contribution is 5.85. The fourth-order valence-electron chi connectivity index (χ4n) is 2.01. The molecule has 19 heavy (non-hydrogen) atoms. The van der Waals surface area contributed by atoms with Crippen LogP contribution >= 0.6 is 12.4 Å². The topological polar surface area (TPSA) is 50.4 Å². The molecule has 0 aromatic heterocycles. The Morgan fingerprint density at radius 1 is 1.37 bits per heavy atom. The van der Waals surface area contributed by atoms with E-state index in [-0.39, 0.29) is 24.4 Å². The predicted octanol–water partition coefficient (Wildman–Crippen LogP) is 1.15. The quantitative estimate of drug-likeness (QED) is 0.798. The van der Waals surface area contributed by atoms with E-state index in [0.29, 0.717) is 19.8 Å². The summed E-state index contributed by atoms with van der Waals surface area (Å²) in [5.74, 6) is 0.0442. The molecule has 2 rings (SSSR count). The molecule has 1 amide bonds. The van der Waals surface area contributed by atoms with E-state index in [0.717, 1.165) is 19.4 Å². The second kappa shape index (κ2) is 8.91. The van der Waals surface area contributed by atoms with Gasteiger partial charge in [-0.2, -0.15) is 0 Å². The summed E-state index contributed by atoms with van der Waals surface area (Å²) in [6, 6.07) is 10.1. The van der Waals surface area contributed by atoms with Crippen LogP contribution in [0.25, 0.3) is 0 Å². The van der Waals surface area contributed by atoms with Crippen LogP contribution in [0.4, 0.5) is 0 Å². The van der Waals surface area contributed by atoms with Crippen molar-refractivity contribution in [2.24, 2.45) is 0 Å². The van der Waals surface area contributed by atoms with E-state index >= 15 is 0 Å². The van der Waals surface area contributed by atoms with Crippen LogP contribution in [0, 0.1) is 0 Å². The molecule has 1 atom stereocenters. The molecule has 1 fully saturated rings. The van der Waals surface area contributed by atoms with E-state index in [1.54, 1.807) is 0 Å². The van der Waals surface area contributed by atoms with Crippen LogP contribution in [0.5, 0.6) is 0 Å². The number of hydrogen-bond donors (Lipinski definition) is 2. The monoisotopic (exact) mass is 284 g/mol. The van der Waals surface area contributed by atoms with E-state index in [1.165, 1.54) is 5.56 Å². The summed E-state index contributed by atoms with van der Waals surface area (Å²) in [6.45, 7) is 2.64. The summed E-state index contributed by atoms with van der Waals surface area (Å²) < 4.78 is 5.26. The first-order chi connectivity index (χ1) is 8.86. The van der Waals surface area contributed by atoms with Gasteiger partial charge in [-0.05, 0) is 18.4 Å². The Hall–Kier alpha value is -1.10. The number of ether oxygens (including phenoxy) is 1. The standard InChI is InChI=1S/C14H20N2O2.ClH/c17-14(13-11-18-10-9-15-13)16-8-4-7-12-5-2-1-3-6-12;/h1-3,5-6,13,15H,4,7-11H2,(H,16,17);1H. The molecule has 0 saturated carbocycles. The molecule has 1 saturated heterocycles. The lowest BCUT2D eigenvalue weighted by Gasteiger charge is -2.22. The summed E-state index contributed by atoms with van der Waals surface area (Å²) in [5, 5.41) is 6.08. The molecule has 1 aliphatic rings. The number of amides is 1. The summed E-state index contributed by atoms with van der Waals surface area (Å²) in [6.07, 6.45) is 1.96. The maximum absolute atomic E-state index is 11.8. The van der Waals surface area contributed by atoms with Crippen LogP contribution in [-0.2, 0) is 16.0 Å². The van der Waals surface area contributed by atoms with Gasteiger partial charge < -0.3 is 15.4 Å². The van der Waals surface area contributed by atoms with Crippen LogP contribution in [0.15, 0.2) is 30.3 Å². The molecule has 2 N–H and O–H groups in total. The number of nitrogens with one attached hydrogen (secondary N) is 2. The molecule has 0 bridgehead atoms. The fourth-order valence-corrected chi connectivity index (χ4v) is 2.01. The molecule has 0 radical (unpaired) electrons. The molecule has 1 unspecified atom stereocenters. The lowest BCUT2D eigenvalue weighted by molar-refractivity contribution is -0.125. The summed E-state index contributed by atoms with van der Waals surface area (Å²) >= 11 is 0. The van der Waals surface area contributed by atoms with Crippen LogP contribution < -0.4 is 10.6 Å². The smallest absolute Gasteiger partial charge is 0.239 e. The van der Waals surface area contributed by atoms with Crippen molar-refractivity contribution >= 4 is 18.3 Å². The zero-order valence-electron chi connectivity index (χ0n) is 10.9. The molecular weight excluding hydrogens is 264 g/mol. The number of rotatable bonds is 5. The fraction of sp³-hybridized carbons (Fsp3) is 0.500. The third kappa shape index (κ3) is 5.59. The average Bonchev–Trinajstić information content (AvgIpc) is 2.45. The van der Waals surface area contributed by atoms with Crippen LogP contribution in [0.3, 0.4) is 0 Å². The van der Waals surface area contributed by atoms with Crippen LogP contribution in [0.2, 0.25) is 0 Å². The SMILES string of the molecule is Cl.O=C(NCCCc1ccccc1)C1COCCN1. The van der Waals surface area contributed by atoms with Gasteiger partial charge in [0.1, 0.15) is 6.04 Å². The Morgan fingerprint density at radius 3 is 2.84 bits per heavy atom. The largest absolute Gasteiger partial charge is 0.378 e. The molecule has 0 aliphatic carbocycles. The van der Waals surface area contributed by atoms with Crippen molar-refractivity contribution in [1.29, 1.82) is 0 Å². The first-order valence-electron chi connectivity index (χ1n) is 6.49. The Bertz CT molecular complexity index is 367. The molecule has 1 heterocycles. The number of carbonyl (C=O) groups excluding carboxylic acids is 1. The summed E-state index contributed by atoms with van der Waals surface area (Å²) in [5.41, 5.74) is 1.31. The van der Waals surface area contributed by atoms with Crippen LogP contribution in [0.1, 0.15) is 12.0 Å². The third-order valence-corrected chi connectivity index (χ3v) is 3.02. The normalized spacial score (nSPS) is 18.4. The number of carbonyl (C=O) groups is 1. The second-order valence-corrected chi connectivity index (χ2v) is 4.46. The first-order valence-corrected chi connectivity index (χ1v) is 6.49. The Morgan fingerprint density at radius 2 is 2.16 bits per heavy atom. The number of benzene rings is 1. The summed E-state index contributed by atoms with van der Waals surface area (Å²) in [4.78, 5) is 11.8. The van der Waals surface area contributed by atoms with Gasteiger partial charge in [0.2, 0.25) is 5.91 Å². The lowest BCUT2D eigenvalue weighted by Crippen LogP contribution is -2.51.